The van der Waals surface area contributed by atoms with Gasteiger partial charge < -0.3 is 14.7 Å². The van der Waals surface area contributed by atoms with Crippen LogP contribution in [0.2, 0.25) is 0 Å². The van der Waals surface area contributed by atoms with Crippen molar-refractivity contribution in [1.82, 2.24) is 10.2 Å². The molecule has 1 aliphatic rings. The summed E-state index contributed by atoms with van der Waals surface area (Å²) >= 11 is 0. The van der Waals surface area contributed by atoms with Gasteiger partial charge in [0.1, 0.15) is 11.6 Å². The van der Waals surface area contributed by atoms with Gasteiger partial charge in [-0.2, -0.15) is 10.4 Å². The molecule has 0 aromatic carbocycles. The number of hydrogen-bond donors (Lipinski definition) is 1. The first-order chi connectivity index (χ1) is 10.1. The molecule has 21 heavy (non-hydrogen) atoms. The number of nitriles is 1. The second kappa shape index (κ2) is 6.50. The van der Waals surface area contributed by atoms with Crippen molar-refractivity contribution in [3.05, 3.63) is 16.8 Å². The van der Waals surface area contributed by atoms with E-state index in [1.807, 2.05) is 13.8 Å². The molecule has 7 nitrogen and oxygen atoms in total. The fourth-order valence-corrected chi connectivity index (χ4v) is 2.54. The van der Waals surface area contributed by atoms with Crippen LogP contribution in [0, 0.1) is 11.3 Å². The van der Waals surface area contributed by atoms with Crippen molar-refractivity contribution in [1.29, 1.82) is 5.26 Å². The monoisotopic (exact) mass is 290 g/mol. The van der Waals surface area contributed by atoms with Crippen LogP contribution in [-0.4, -0.2) is 47.1 Å². The molecule has 1 aromatic heterocycles. The molecule has 112 valence electrons. The molecule has 1 fully saturated rings. The minimum atomic E-state index is -0.988. The summed E-state index contributed by atoms with van der Waals surface area (Å²) in [4.78, 5) is 13.0. The lowest BCUT2D eigenvalue weighted by molar-refractivity contribution is -0.141. The van der Waals surface area contributed by atoms with Crippen molar-refractivity contribution in [2.24, 2.45) is 0 Å². The molecule has 2 heterocycles. The molecule has 0 bridgehead atoms. The highest BCUT2D eigenvalue weighted by atomic mass is 16.5. The molecule has 7 heteroatoms. The Hall–Kier alpha value is -2.20. The predicted molar refractivity (Wildman–Crippen MR) is 75.1 cm³/mol. The standard InChI is InChI=1S/C14H18N4O3/c1-3-9-10(7-15)13(17-16-11(9)4-2)18-5-6-21-8-12(18)14(19)20/h12H,3-6,8H2,1-2H3,(H,19,20). The smallest absolute Gasteiger partial charge is 0.328 e. The molecule has 0 spiro atoms. The van der Waals surface area contributed by atoms with E-state index in [1.54, 1.807) is 4.90 Å². The maximum absolute atomic E-state index is 11.4. The number of anilines is 1. The Kier molecular flexibility index (Phi) is 4.70. The lowest BCUT2D eigenvalue weighted by Gasteiger charge is -2.34. The number of aryl methyl sites for hydroxylation is 1. The van der Waals surface area contributed by atoms with Crippen molar-refractivity contribution < 1.29 is 14.6 Å². The highest BCUT2D eigenvalue weighted by molar-refractivity contribution is 5.79. The maximum atomic E-state index is 11.4. The van der Waals surface area contributed by atoms with E-state index < -0.39 is 12.0 Å². The zero-order valence-corrected chi connectivity index (χ0v) is 12.2. The quantitative estimate of drug-likeness (QED) is 0.873. The highest BCUT2D eigenvalue weighted by Crippen LogP contribution is 2.26. The van der Waals surface area contributed by atoms with Crippen molar-refractivity contribution in [3.63, 3.8) is 0 Å². The van der Waals surface area contributed by atoms with Crippen molar-refractivity contribution in [2.75, 3.05) is 24.7 Å². The van der Waals surface area contributed by atoms with Crippen LogP contribution < -0.4 is 4.90 Å². The zero-order chi connectivity index (χ0) is 15.4. The van der Waals surface area contributed by atoms with Gasteiger partial charge in [0, 0.05) is 6.54 Å². The normalized spacial score (nSPS) is 18.3. The Labute approximate surface area is 123 Å². The van der Waals surface area contributed by atoms with Gasteiger partial charge in [-0.05, 0) is 18.4 Å². The maximum Gasteiger partial charge on any atom is 0.328 e. The molecule has 0 radical (unpaired) electrons. The number of carboxylic acid groups (broad SMARTS) is 1. The number of rotatable bonds is 4. The number of morpholine rings is 1. The summed E-state index contributed by atoms with van der Waals surface area (Å²) in [6.45, 7) is 4.79. The van der Waals surface area contributed by atoms with E-state index in [2.05, 4.69) is 16.3 Å². The Balaban J connectivity index is 2.52. The summed E-state index contributed by atoms with van der Waals surface area (Å²) < 4.78 is 5.22. The van der Waals surface area contributed by atoms with Gasteiger partial charge in [0.05, 0.1) is 18.9 Å². The largest absolute Gasteiger partial charge is 0.480 e. The molecule has 1 N–H and O–H groups in total. The highest BCUT2D eigenvalue weighted by Gasteiger charge is 2.33. The van der Waals surface area contributed by atoms with E-state index in [0.29, 0.717) is 37.4 Å². The number of carbonyl (C=O) groups is 1. The minimum absolute atomic E-state index is 0.0822. The van der Waals surface area contributed by atoms with Crippen LogP contribution in [0.15, 0.2) is 0 Å². The molecule has 1 aromatic rings. The summed E-state index contributed by atoms with van der Waals surface area (Å²) in [5.41, 5.74) is 2.07. The summed E-state index contributed by atoms with van der Waals surface area (Å²) in [5.74, 6) is -0.639. The molecule has 0 aliphatic carbocycles. The Bertz CT molecular complexity index is 582. The molecule has 1 aliphatic heterocycles. The Morgan fingerprint density at radius 3 is 2.81 bits per heavy atom. The third-order valence-electron chi connectivity index (χ3n) is 3.62. The van der Waals surface area contributed by atoms with Crippen LogP contribution in [-0.2, 0) is 22.4 Å². The van der Waals surface area contributed by atoms with Crippen LogP contribution in [0.3, 0.4) is 0 Å². The topological polar surface area (TPSA) is 99.3 Å². The van der Waals surface area contributed by atoms with E-state index in [1.165, 1.54) is 0 Å². The summed E-state index contributed by atoms with van der Waals surface area (Å²) in [6.07, 6.45) is 1.35. The predicted octanol–water partition coefficient (Wildman–Crippen LogP) is 0.763. The fraction of sp³-hybridized carbons (Fsp3) is 0.571. The molecule has 0 amide bonds. The SMILES string of the molecule is CCc1nnc(N2CCOCC2C(=O)O)c(C#N)c1CC. The first kappa shape index (κ1) is 15.2. The lowest BCUT2D eigenvalue weighted by atomic mass is 10.0. The number of aliphatic carboxylic acids is 1. The summed E-state index contributed by atoms with van der Waals surface area (Å²) in [5, 5.41) is 27.1. The van der Waals surface area contributed by atoms with Gasteiger partial charge in [0.25, 0.3) is 0 Å². The first-order valence-electron chi connectivity index (χ1n) is 6.99. The van der Waals surface area contributed by atoms with Gasteiger partial charge in [-0.15, -0.1) is 5.10 Å². The average molecular weight is 290 g/mol. The van der Waals surface area contributed by atoms with Crippen LogP contribution in [0.1, 0.15) is 30.7 Å². The first-order valence-corrected chi connectivity index (χ1v) is 6.99. The molecule has 1 saturated heterocycles. The van der Waals surface area contributed by atoms with Gasteiger partial charge in [0.15, 0.2) is 11.9 Å². The van der Waals surface area contributed by atoms with Crippen molar-refractivity contribution in [2.45, 2.75) is 32.7 Å². The van der Waals surface area contributed by atoms with Crippen molar-refractivity contribution >= 4 is 11.8 Å². The van der Waals surface area contributed by atoms with E-state index in [9.17, 15) is 15.2 Å². The van der Waals surface area contributed by atoms with E-state index in [-0.39, 0.29) is 6.61 Å². The number of carboxylic acids is 1. The minimum Gasteiger partial charge on any atom is -0.480 e. The number of aromatic nitrogens is 2. The molecule has 0 saturated carbocycles. The van der Waals surface area contributed by atoms with Gasteiger partial charge in [-0.3, -0.25) is 0 Å². The lowest BCUT2D eigenvalue weighted by Crippen LogP contribution is -2.51. The molecule has 2 rings (SSSR count). The van der Waals surface area contributed by atoms with Crippen LogP contribution in [0.5, 0.6) is 0 Å². The van der Waals surface area contributed by atoms with Gasteiger partial charge in [0.2, 0.25) is 0 Å². The molecule has 1 unspecified atom stereocenters. The summed E-state index contributed by atoms with van der Waals surface area (Å²) in [7, 11) is 0. The fourth-order valence-electron chi connectivity index (χ4n) is 2.54. The second-order valence-electron chi connectivity index (χ2n) is 4.77. The third kappa shape index (κ3) is 2.81. The summed E-state index contributed by atoms with van der Waals surface area (Å²) in [6, 6.07) is 1.33. The van der Waals surface area contributed by atoms with Gasteiger partial charge >= 0.3 is 5.97 Å². The molecular formula is C14H18N4O3. The van der Waals surface area contributed by atoms with Gasteiger partial charge in [-0.25, -0.2) is 4.79 Å². The Morgan fingerprint density at radius 1 is 1.48 bits per heavy atom. The van der Waals surface area contributed by atoms with E-state index >= 15 is 0 Å². The van der Waals surface area contributed by atoms with Crippen LogP contribution >= 0.6 is 0 Å². The van der Waals surface area contributed by atoms with Gasteiger partial charge in [-0.1, -0.05) is 13.8 Å². The van der Waals surface area contributed by atoms with E-state index in [4.69, 9.17) is 4.74 Å². The van der Waals surface area contributed by atoms with Crippen LogP contribution in [0.4, 0.5) is 5.82 Å². The van der Waals surface area contributed by atoms with Crippen LogP contribution in [0.25, 0.3) is 0 Å². The number of nitrogens with zero attached hydrogens (tertiary/aromatic N) is 4. The number of hydrogen-bond acceptors (Lipinski definition) is 6. The Morgan fingerprint density at radius 2 is 2.24 bits per heavy atom. The molecular weight excluding hydrogens is 272 g/mol. The average Bonchev–Trinajstić information content (AvgIpc) is 2.53. The second-order valence-corrected chi connectivity index (χ2v) is 4.77. The number of ether oxygens (including phenoxy) is 1. The van der Waals surface area contributed by atoms with Crippen molar-refractivity contribution in [3.8, 4) is 6.07 Å². The molecule has 1 atom stereocenters. The van der Waals surface area contributed by atoms with E-state index in [0.717, 1.165) is 11.3 Å². The third-order valence-corrected chi connectivity index (χ3v) is 3.62. The zero-order valence-electron chi connectivity index (χ0n) is 12.2.